The molecule has 5 rings (SSSR count). The molecule has 3 aromatic carbocycles. The minimum atomic E-state index is -0.603. The molecule has 1 fully saturated rings. The second-order valence-electron chi connectivity index (χ2n) is 8.96. The van der Waals surface area contributed by atoms with Crippen LogP contribution in [0.15, 0.2) is 109 Å². The number of carbonyl (C=O) groups is 2. The summed E-state index contributed by atoms with van der Waals surface area (Å²) in [6, 6.07) is 33.1. The second kappa shape index (κ2) is 10.8. The van der Waals surface area contributed by atoms with Crippen LogP contribution in [0, 0.1) is 0 Å². The fourth-order valence-electron chi connectivity index (χ4n) is 5.15. The Morgan fingerprint density at radius 1 is 0.892 bits per heavy atom. The molecule has 0 aliphatic carbocycles. The van der Waals surface area contributed by atoms with Crippen LogP contribution in [0.2, 0.25) is 0 Å². The zero-order valence-electron chi connectivity index (χ0n) is 20.8. The normalized spacial score (nSPS) is 15.6. The molecule has 186 valence electrons. The van der Waals surface area contributed by atoms with Crippen LogP contribution >= 0.6 is 0 Å². The molecule has 6 nitrogen and oxygen atoms in total. The van der Waals surface area contributed by atoms with Crippen molar-refractivity contribution in [3.63, 3.8) is 0 Å². The van der Waals surface area contributed by atoms with E-state index in [0.29, 0.717) is 30.8 Å². The van der Waals surface area contributed by atoms with Crippen LogP contribution in [0.5, 0.6) is 0 Å². The third-order valence-electron chi connectivity index (χ3n) is 6.76. The minimum absolute atomic E-state index is 0.0880. The Kier molecular flexibility index (Phi) is 7.10. The Labute approximate surface area is 216 Å². The van der Waals surface area contributed by atoms with E-state index in [9.17, 15) is 9.59 Å². The van der Waals surface area contributed by atoms with E-state index >= 15 is 0 Å². The molecule has 0 atom stereocenters. The Morgan fingerprint density at radius 2 is 1.43 bits per heavy atom. The first-order chi connectivity index (χ1) is 18.1. The van der Waals surface area contributed by atoms with Crippen LogP contribution in [0.25, 0.3) is 6.08 Å². The number of piperidine rings is 1. The molecule has 1 aliphatic heterocycles. The van der Waals surface area contributed by atoms with Crippen LogP contribution in [0.1, 0.15) is 35.7 Å². The molecule has 0 bridgehead atoms. The lowest BCUT2D eigenvalue weighted by molar-refractivity contribution is -0.117. The summed E-state index contributed by atoms with van der Waals surface area (Å²) in [5.41, 5.74) is 4.00. The SMILES string of the molecule is CCOC(=O)n1ccc(/C=C2\CN(C(c3ccccc3)(c3ccccc3)c3ccccc3)CCC2=O)n1. The van der Waals surface area contributed by atoms with E-state index in [1.165, 1.54) is 0 Å². The number of rotatable bonds is 6. The molecule has 4 aromatic rings. The van der Waals surface area contributed by atoms with E-state index < -0.39 is 11.6 Å². The van der Waals surface area contributed by atoms with Gasteiger partial charge in [-0.15, -0.1) is 0 Å². The molecule has 0 saturated carbocycles. The third kappa shape index (κ3) is 4.76. The van der Waals surface area contributed by atoms with Crippen molar-refractivity contribution in [2.75, 3.05) is 19.7 Å². The lowest BCUT2D eigenvalue weighted by Crippen LogP contribution is -2.52. The fraction of sp³-hybridized carbons (Fsp3) is 0.194. The first kappa shape index (κ1) is 24.4. The molecule has 0 N–H and O–H groups in total. The number of hydrogen-bond acceptors (Lipinski definition) is 5. The van der Waals surface area contributed by atoms with Crippen LogP contribution in [-0.4, -0.2) is 46.3 Å². The van der Waals surface area contributed by atoms with Crippen LogP contribution in [-0.2, 0) is 15.1 Å². The predicted molar refractivity (Wildman–Crippen MR) is 143 cm³/mol. The lowest BCUT2D eigenvalue weighted by Gasteiger charge is -2.47. The average molecular weight is 492 g/mol. The van der Waals surface area contributed by atoms with Crippen molar-refractivity contribution in [3.05, 3.63) is 131 Å². The van der Waals surface area contributed by atoms with Crippen LogP contribution in [0.3, 0.4) is 0 Å². The zero-order valence-corrected chi connectivity index (χ0v) is 20.8. The van der Waals surface area contributed by atoms with Gasteiger partial charge >= 0.3 is 6.09 Å². The van der Waals surface area contributed by atoms with Gasteiger partial charge < -0.3 is 4.74 Å². The molecule has 1 aliphatic rings. The molecular formula is C31H29N3O3. The van der Waals surface area contributed by atoms with Crippen molar-refractivity contribution in [3.8, 4) is 0 Å². The summed E-state index contributed by atoms with van der Waals surface area (Å²) in [6.45, 7) is 3.05. The summed E-state index contributed by atoms with van der Waals surface area (Å²) < 4.78 is 6.18. The maximum absolute atomic E-state index is 13.1. The number of ether oxygens (including phenoxy) is 1. The largest absolute Gasteiger partial charge is 0.448 e. The molecule has 1 saturated heterocycles. The van der Waals surface area contributed by atoms with Crippen molar-refractivity contribution >= 4 is 18.0 Å². The average Bonchev–Trinajstić information content (AvgIpc) is 3.42. The number of aromatic nitrogens is 2. The molecule has 0 spiro atoms. The molecule has 0 unspecified atom stereocenters. The van der Waals surface area contributed by atoms with Crippen molar-refractivity contribution in [1.82, 2.24) is 14.7 Å². The van der Waals surface area contributed by atoms with E-state index in [1.807, 2.05) is 18.2 Å². The molecule has 1 aromatic heterocycles. The summed E-state index contributed by atoms with van der Waals surface area (Å²) in [6.07, 6.45) is 3.19. The van der Waals surface area contributed by atoms with E-state index in [2.05, 4.69) is 82.8 Å². The number of carbonyl (C=O) groups excluding carboxylic acids is 2. The third-order valence-corrected chi connectivity index (χ3v) is 6.76. The number of nitrogens with zero attached hydrogens (tertiary/aromatic N) is 3. The predicted octanol–water partition coefficient (Wildman–Crippen LogP) is 5.54. The van der Waals surface area contributed by atoms with Crippen molar-refractivity contribution in [2.24, 2.45) is 0 Å². The van der Waals surface area contributed by atoms with Gasteiger partial charge in [0.05, 0.1) is 17.8 Å². The number of hydrogen-bond donors (Lipinski definition) is 0. The van der Waals surface area contributed by atoms with Gasteiger partial charge in [-0.2, -0.15) is 9.78 Å². The first-order valence-electron chi connectivity index (χ1n) is 12.5. The van der Waals surface area contributed by atoms with Crippen molar-refractivity contribution < 1.29 is 14.3 Å². The maximum Gasteiger partial charge on any atom is 0.434 e. The number of benzene rings is 3. The molecule has 0 radical (unpaired) electrons. The van der Waals surface area contributed by atoms with E-state index in [4.69, 9.17) is 4.74 Å². The summed E-state index contributed by atoms with van der Waals surface area (Å²) in [5, 5.41) is 4.31. The molecular weight excluding hydrogens is 462 g/mol. The highest BCUT2D eigenvalue weighted by Crippen LogP contribution is 2.43. The van der Waals surface area contributed by atoms with Crippen LogP contribution in [0.4, 0.5) is 4.79 Å². The summed E-state index contributed by atoms with van der Waals surface area (Å²) in [7, 11) is 0. The molecule has 0 amide bonds. The second-order valence-corrected chi connectivity index (χ2v) is 8.96. The first-order valence-corrected chi connectivity index (χ1v) is 12.5. The fourth-order valence-corrected chi connectivity index (χ4v) is 5.15. The van der Waals surface area contributed by atoms with Gasteiger partial charge in [0.2, 0.25) is 0 Å². The van der Waals surface area contributed by atoms with E-state index in [1.54, 1.807) is 25.3 Å². The maximum atomic E-state index is 13.1. The quantitative estimate of drug-likeness (QED) is 0.262. The Bertz CT molecular complexity index is 1300. The van der Waals surface area contributed by atoms with E-state index in [0.717, 1.165) is 21.4 Å². The molecule has 6 heteroatoms. The number of likely N-dealkylation sites (tertiary alicyclic amines) is 1. The Balaban J connectivity index is 1.62. The summed E-state index contributed by atoms with van der Waals surface area (Å²) in [5.74, 6) is 0.0880. The summed E-state index contributed by atoms with van der Waals surface area (Å²) in [4.78, 5) is 27.5. The highest BCUT2D eigenvalue weighted by molar-refractivity contribution is 6.00. The van der Waals surface area contributed by atoms with Gasteiger partial charge in [-0.05, 0) is 35.8 Å². The van der Waals surface area contributed by atoms with Gasteiger partial charge in [-0.1, -0.05) is 91.0 Å². The minimum Gasteiger partial charge on any atom is -0.448 e. The highest BCUT2D eigenvalue weighted by atomic mass is 16.5. The van der Waals surface area contributed by atoms with Gasteiger partial charge in [-0.3, -0.25) is 9.69 Å². The highest BCUT2D eigenvalue weighted by Gasteiger charge is 2.44. The monoisotopic (exact) mass is 491 g/mol. The van der Waals surface area contributed by atoms with Crippen molar-refractivity contribution in [2.45, 2.75) is 18.9 Å². The van der Waals surface area contributed by atoms with E-state index in [-0.39, 0.29) is 12.4 Å². The van der Waals surface area contributed by atoms with Gasteiger partial charge in [-0.25, -0.2) is 4.79 Å². The Hall–Kier alpha value is -4.29. The smallest absolute Gasteiger partial charge is 0.434 e. The van der Waals surface area contributed by atoms with Gasteiger partial charge in [0.15, 0.2) is 5.78 Å². The Morgan fingerprint density at radius 3 is 1.95 bits per heavy atom. The number of Topliss-reactive ketones (excluding diaryl/α,β-unsaturated/α-hetero) is 1. The van der Waals surface area contributed by atoms with Gasteiger partial charge in [0.1, 0.15) is 0 Å². The molecule has 37 heavy (non-hydrogen) atoms. The standard InChI is InChI=1S/C31H29N3O3/c1-2-37-30(36)34-21-18-28(32-34)22-24-23-33(20-19-29(24)35)31(25-12-6-3-7-13-25,26-14-8-4-9-15-26)27-16-10-5-11-17-27/h3-18,21-22H,2,19-20,23H2,1H3/b24-22+. The summed E-state index contributed by atoms with van der Waals surface area (Å²) >= 11 is 0. The van der Waals surface area contributed by atoms with Gasteiger partial charge in [0, 0.05) is 31.3 Å². The number of ketones is 1. The lowest BCUT2D eigenvalue weighted by atomic mass is 9.74. The molecule has 2 heterocycles. The van der Waals surface area contributed by atoms with Gasteiger partial charge in [0.25, 0.3) is 0 Å². The van der Waals surface area contributed by atoms with Crippen LogP contribution < -0.4 is 0 Å². The topological polar surface area (TPSA) is 64.4 Å². The van der Waals surface area contributed by atoms with Crippen molar-refractivity contribution in [1.29, 1.82) is 0 Å². The zero-order chi connectivity index (χ0) is 25.7.